The molecule has 9 nitrogen and oxygen atoms in total. The summed E-state index contributed by atoms with van der Waals surface area (Å²) in [4.78, 5) is 42.3. The van der Waals surface area contributed by atoms with Crippen LogP contribution < -0.4 is 25.7 Å². The predicted octanol–water partition coefficient (Wildman–Crippen LogP) is 1.01. The zero-order valence-electron chi connectivity index (χ0n) is 15.8. The molecule has 1 aromatic heterocycles. The summed E-state index contributed by atoms with van der Waals surface area (Å²) in [5, 5.41) is 5.97. The highest BCUT2D eigenvalue weighted by Crippen LogP contribution is 2.31. The van der Waals surface area contributed by atoms with Crippen LogP contribution >= 0.6 is 0 Å². The van der Waals surface area contributed by atoms with E-state index in [1.54, 1.807) is 18.2 Å². The largest absolute Gasteiger partial charge is 0.486 e. The molecule has 2 aromatic rings. The monoisotopic (exact) mass is 398 g/mol. The summed E-state index contributed by atoms with van der Waals surface area (Å²) in [5.41, 5.74) is 0.311. The molecule has 0 bridgehead atoms. The fourth-order valence-corrected chi connectivity index (χ4v) is 3.63. The van der Waals surface area contributed by atoms with Crippen molar-refractivity contribution < 1.29 is 19.1 Å². The van der Waals surface area contributed by atoms with Crippen LogP contribution in [-0.2, 0) is 0 Å². The standard InChI is InChI=1S/C20H22N4O5/c25-18-11-21-15(10-22-18)20(27)24-14-3-1-2-13(9-14)23-19(26)12-4-5-16-17(8-12)29-7-6-28-16/h4-5,8,10-11,13-14H,1-3,6-7,9H2,(H,22,25)(H,23,26)(H,24,27)/t13-,14-/m1/s1. The Morgan fingerprint density at radius 3 is 2.48 bits per heavy atom. The predicted molar refractivity (Wildman–Crippen MR) is 103 cm³/mol. The number of amides is 2. The van der Waals surface area contributed by atoms with E-state index in [1.165, 1.54) is 6.20 Å². The summed E-state index contributed by atoms with van der Waals surface area (Å²) in [6, 6.07) is 5.03. The molecule has 1 aromatic carbocycles. The van der Waals surface area contributed by atoms with E-state index >= 15 is 0 Å². The number of ether oxygens (including phenoxy) is 2. The minimum atomic E-state index is -0.360. The van der Waals surface area contributed by atoms with Crippen molar-refractivity contribution >= 4 is 11.8 Å². The highest BCUT2D eigenvalue weighted by atomic mass is 16.6. The molecule has 2 atom stereocenters. The summed E-state index contributed by atoms with van der Waals surface area (Å²) in [5.74, 6) is 0.696. The van der Waals surface area contributed by atoms with E-state index in [4.69, 9.17) is 9.47 Å². The van der Waals surface area contributed by atoms with E-state index in [2.05, 4.69) is 20.6 Å². The number of benzene rings is 1. The zero-order chi connectivity index (χ0) is 20.2. The Balaban J connectivity index is 1.34. The van der Waals surface area contributed by atoms with Gasteiger partial charge in [-0.1, -0.05) is 0 Å². The average Bonchev–Trinajstić information content (AvgIpc) is 2.74. The number of H-pyrrole nitrogens is 1. The summed E-state index contributed by atoms with van der Waals surface area (Å²) < 4.78 is 11.0. The Morgan fingerprint density at radius 1 is 1.03 bits per heavy atom. The van der Waals surface area contributed by atoms with Crippen molar-refractivity contribution in [1.82, 2.24) is 20.6 Å². The van der Waals surface area contributed by atoms with Gasteiger partial charge in [0.05, 0.1) is 6.20 Å². The van der Waals surface area contributed by atoms with Crippen molar-refractivity contribution in [2.45, 2.75) is 37.8 Å². The van der Waals surface area contributed by atoms with Crippen LogP contribution in [0.15, 0.2) is 35.4 Å². The molecule has 29 heavy (non-hydrogen) atoms. The number of fused-ring (bicyclic) bond motifs is 1. The second-order valence-corrected chi connectivity index (χ2v) is 7.16. The van der Waals surface area contributed by atoms with Gasteiger partial charge in [-0.2, -0.15) is 0 Å². The maximum Gasteiger partial charge on any atom is 0.271 e. The lowest BCUT2D eigenvalue weighted by molar-refractivity contribution is 0.0899. The molecule has 2 aliphatic rings. The van der Waals surface area contributed by atoms with E-state index in [1.807, 2.05) is 0 Å². The van der Waals surface area contributed by atoms with Gasteiger partial charge in [0.2, 0.25) is 0 Å². The number of aromatic nitrogens is 2. The van der Waals surface area contributed by atoms with Gasteiger partial charge >= 0.3 is 0 Å². The van der Waals surface area contributed by atoms with E-state index in [0.717, 1.165) is 25.5 Å². The molecule has 9 heteroatoms. The Hall–Kier alpha value is -3.36. The Morgan fingerprint density at radius 2 is 1.76 bits per heavy atom. The van der Waals surface area contributed by atoms with Gasteiger partial charge in [0.25, 0.3) is 17.4 Å². The molecule has 0 unspecified atom stereocenters. The first-order chi connectivity index (χ1) is 14.1. The molecule has 0 radical (unpaired) electrons. The molecular formula is C20H22N4O5. The molecule has 152 valence electrons. The number of carbonyl (C=O) groups excluding carboxylic acids is 2. The van der Waals surface area contributed by atoms with Crippen molar-refractivity contribution in [2.24, 2.45) is 0 Å². The van der Waals surface area contributed by atoms with Gasteiger partial charge in [-0.05, 0) is 43.9 Å². The number of hydrogen-bond acceptors (Lipinski definition) is 6. The second kappa shape index (κ2) is 8.34. The minimum absolute atomic E-state index is 0.0432. The maximum absolute atomic E-state index is 12.6. The first-order valence-corrected chi connectivity index (χ1v) is 9.64. The van der Waals surface area contributed by atoms with Crippen LogP contribution in [0.5, 0.6) is 11.5 Å². The van der Waals surface area contributed by atoms with Crippen LogP contribution in [0, 0.1) is 0 Å². The summed E-state index contributed by atoms with van der Waals surface area (Å²) in [6.07, 6.45) is 5.56. The van der Waals surface area contributed by atoms with Crippen LogP contribution in [0.25, 0.3) is 0 Å². The molecule has 1 fully saturated rings. The topological polar surface area (TPSA) is 122 Å². The summed E-state index contributed by atoms with van der Waals surface area (Å²) in [6.45, 7) is 0.967. The van der Waals surface area contributed by atoms with Gasteiger partial charge in [-0.15, -0.1) is 0 Å². The molecule has 1 aliphatic heterocycles. The fraction of sp³-hybridized carbons (Fsp3) is 0.400. The van der Waals surface area contributed by atoms with Crippen LogP contribution in [0.3, 0.4) is 0 Å². The lowest BCUT2D eigenvalue weighted by atomic mass is 9.90. The highest BCUT2D eigenvalue weighted by molar-refractivity contribution is 5.95. The van der Waals surface area contributed by atoms with Gasteiger partial charge in [0.15, 0.2) is 11.5 Å². The fourth-order valence-electron chi connectivity index (χ4n) is 3.63. The molecule has 1 saturated carbocycles. The number of aromatic amines is 1. The summed E-state index contributed by atoms with van der Waals surface area (Å²) in [7, 11) is 0. The number of rotatable bonds is 4. The van der Waals surface area contributed by atoms with Crippen molar-refractivity contribution in [1.29, 1.82) is 0 Å². The molecule has 3 N–H and O–H groups in total. The van der Waals surface area contributed by atoms with Gasteiger partial charge in [0.1, 0.15) is 18.9 Å². The first kappa shape index (κ1) is 19.0. The zero-order valence-corrected chi connectivity index (χ0v) is 15.8. The van der Waals surface area contributed by atoms with E-state index < -0.39 is 0 Å². The molecule has 2 amide bonds. The SMILES string of the molecule is O=C(N[C@@H]1CCC[C@@H](NC(=O)c2c[nH]c(=O)cn2)C1)c1ccc2c(c1)OCCO2. The van der Waals surface area contributed by atoms with Crippen molar-refractivity contribution in [3.05, 3.63) is 52.2 Å². The lowest BCUT2D eigenvalue weighted by Gasteiger charge is -2.30. The normalized spacial score (nSPS) is 20.6. The van der Waals surface area contributed by atoms with Gasteiger partial charge < -0.3 is 25.1 Å². The van der Waals surface area contributed by atoms with E-state index in [9.17, 15) is 14.4 Å². The smallest absolute Gasteiger partial charge is 0.271 e. The molecule has 0 spiro atoms. The van der Waals surface area contributed by atoms with Crippen molar-refractivity contribution in [3.63, 3.8) is 0 Å². The van der Waals surface area contributed by atoms with Crippen molar-refractivity contribution in [3.8, 4) is 11.5 Å². The number of carbonyl (C=O) groups is 2. The number of nitrogens with zero attached hydrogens (tertiary/aromatic N) is 1. The van der Waals surface area contributed by atoms with Crippen LogP contribution in [-0.4, -0.2) is 47.1 Å². The summed E-state index contributed by atoms with van der Waals surface area (Å²) >= 11 is 0. The molecular weight excluding hydrogens is 376 g/mol. The number of nitrogens with one attached hydrogen (secondary N) is 3. The minimum Gasteiger partial charge on any atom is -0.486 e. The van der Waals surface area contributed by atoms with Gasteiger partial charge in [-0.3, -0.25) is 14.4 Å². The molecule has 0 saturated heterocycles. The van der Waals surface area contributed by atoms with Gasteiger partial charge in [-0.25, -0.2) is 4.98 Å². The quantitative estimate of drug-likeness (QED) is 0.707. The lowest BCUT2D eigenvalue weighted by Crippen LogP contribution is -2.46. The van der Waals surface area contributed by atoms with Crippen LogP contribution in [0.2, 0.25) is 0 Å². The van der Waals surface area contributed by atoms with E-state index in [-0.39, 0.29) is 35.2 Å². The number of hydrogen-bond donors (Lipinski definition) is 3. The third-order valence-electron chi connectivity index (χ3n) is 5.05. The third kappa shape index (κ3) is 4.56. The molecule has 2 heterocycles. The molecule has 1 aliphatic carbocycles. The molecule has 4 rings (SSSR count). The third-order valence-corrected chi connectivity index (χ3v) is 5.05. The average molecular weight is 398 g/mol. The van der Waals surface area contributed by atoms with Crippen molar-refractivity contribution in [2.75, 3.05) is 13.2 Å². The Kier molecular flexibility index (Phi) is 5.46. The Bertz CT molecular complexity index is 953. The maximum atomic E-state index is 12.6. The first-order valence-electron chi connectivity index (χ1n) is 9.64. The second-order valence-electron chi connectivity index (χ2n) is 7.16. The van der Waals surface area contributed by atoms with E-state index in [0.29, 0.717) is 36.7 Å². The van der Waals surface area contributed by atoms with Crippen LogP contribution in [0.1, 0.15) is 46.5 Å². The highest BCUT2D eigenvalue weighted by Gasteiger charge is 2.26. The van der Waals surface area contributed by atoms with Crippen LogP contribution in [0.4, 0.5) is 0 Å². The Labute approximate surface area is 166 Å². The van der Waals surface area contributed by atoms with Gasteiger partial charge in [0, 0.05) is 23.8 Å².